The maximum Gasteiger partial charge on any atom is 0.329 e. The number of benzene rings is 1. The largest absolute Gasteiger partial charge is 0.329 e. The minimum Gasteiger partial charge on any atom is -0.313 e. The Morgan fingerprint density at radius 3 is 2.60 bits per heavy atom. The van der Waals surface area contributed by atoms with Crippen LogP contribution in [0.3, 0.4) is 0 Å². The van der Waals surface area contributed by atoms with E-state index in [1.165, 1.54) is 10.1 Å². The number of nitrogens with one attached hydrogen (secondary N) is 1. The summed E-state index contributed by atoms with van der Waals surface area (Å²) in [5.74, 6) is 1.27. The van der Waals surface area contributed by atoms with Gasteiger partial charge < -0.3 is 4.57 Å². The first-order chi connectivity index (χ1) is 12.0. The topological polar surface area (TPSA) is 72.7 Å². The van der Waals surface area contributed by atoms with Gasteiger partial charge in [0, 0.05) is 19.3 Å². The van der Waals surface area contributed by atoms with Crippen molar-refractivity contribution >= 4 is 22.9 Å². The van der Waals surface area contributed by atoms with Crippen LogP contribution in [-0.2, 0) is 19.3 Å². The molecule has 0 saturated heterocycles. The van der Waals surface area contributed by atoms with E-state index in [2.05, 4.69) is 35.9 Å². The van der Waals surface area contributed by atoms with Gasteiger partial charge in [-0.1, -0.05) is 55.9 Å². The Morgan fingerprint density at radius 2 is 1.92 bits per heavy atom. The highest BCUT2D eigenvalue weighted by atomic mass is 32.2. The summed E-state index contributed by atoms with van der Waals surface area (Å²) in [4.78, 5) is 31.2. The summed E-state index contributed by atoms with van der Waals surface area (Å²) in [5.41, 5.74) is 1.29. The van der Waals surface area contributed by atoms with Gasteiger partial charge in [0.05, 0.1) is 0 Å². The van der Waals surface area contributed by atoms with Crippen LogP contribution < -0.4 is 11.2 Å². The fourth-order valence-electron chi connectivity index (χ4n) is 2.64. The number of aromatic amines is 1. The standard InChI is InChI=1S/C18H22N4O2S/c1-12(2)9-10-22-14-15(21(3)17(24)20-16(14)23)19-18(22)25-11-13-7-5-4-6-8-13/h4-8,12H,9-11H2,1-3H3,(H,20,23,24). The average Bonchev–Trinajstić information content (AvgIpc) is 2.96. The van der Waals surface area contributed by atoms with Gasteiger partial charge in [-0.3, -0.25) is 14.3 Å². The van der Waals surface area contributed by atoms with Gasteiger partial charge in [0.25, 0.3) is 5.56 Å². The summed E-state index contributed by atoms with van der Waals surface area (Å²) in [6.45, 7) is 5.00. The van der Waals surface area contributed by atoms with Gasteiger partial charge in [0.1, 0.15) is 0 Å². The molecule has 2 heterocycles. The number of nitrogens with zero attached hydrogens (tertiary/aromatic N) is 3. The zero-order chi connectivity index (χ0) is 18.0. The lowest BCUT2D eigenvalue weighted by molar-refractivity contribution is 0.503. The number of H-pyrrole nitrogens is 1. The number of imidazole rings is 1. The van der Waals surface area contributed by atoms with Gasteiger partial charge >= 0.3 is 5.69 Å². The lowest BCUT2D eigenvalue weighted by Gasteiger charge is -2.10. The molecule has 0 radical (unpaired) electrons. The van der Waals surface area contributed by atoms with E-state index in [9.17, 15) is 9.59 Å². The number of hydrogen-bond donors (Lipinski definition) is 1. The van der Waals surface area contributed by atoms with Crippen molar-refractivity contribution in [2.24, 2.45) is 13.0 Å². The van der Waals surface area contributed by atoms with Gasteiger partial charge in [-0.25, -0.2) is 9.78 Å². The normalized spacial score (nSPS) is 11.5. The van der Waals surface area contributed by atoms with E-state index < -0.39 is 5.69 Å². The number of thioether (sulfide) groups is 1. The number of aromatic nitrogens is 4. The van der Waals surface area contributed by atoms with Crippen molar-refractivity contribution in [3.8, 4) is 0 Å². The predicted molar refractivity (Wildman–Crippen MR) is 101 cm³/mol. The molecular formula is C18H22N4O2S. The Hall–Kier alpha value is -2.28. The first-order valence-corrected chi connectivity index (χ1v) is 9.32. The van der Waals surface area contributed by atoms with Crippen molar-refractivity contribution in [2.45, 2.75) is 37.7 Å². The number of aryl methyl sites for hydroxylation is 2. The SMILES string of the molecule is CC(C)CCn1c(SCc2ccccc2)nc2c1c(=O)[nH]c(=O)n2C. The van der Waals surface area contributed by atoms with Gasteiger partial charge in [-0.05, 0) is 17.9 Å². The van der Waals surface area contributed by atoms with Crippen LogP contribution in [0.2, 0.25) is 0 Å². The van der Waals surface area contributed by atoms with Crippen LogP contribution in [-0.4, -0.2) is 19.1 Å². The van der Waals surface area contributed by atoms with Gasteiger partial charge in [-0.2, -0.15) is 0 Å². The third kappa shape index (κ3) is 3.71. The zero-order valence-corrected chi connectivity index (χ0v) is 15.5. The lowest BCUT2D eigenvalue weighted by atomic mass is 10.1. The second kappa shape index (κ2) is 7.31. The molecule has 0 fully saturated rings. The van der Waals surface area contributed by atoms with Gasteiger partial charge in [0.2, 0.25) is 0 Å². The van der Waals surface area contributed by atoms with Crippen LogP contribution in [0, 0.1) is 5.92 Å². The molecule has 3 rings (SSSR count). The van der Waals surface area contributed by atoms with Crippen molar-refractivity contribution in [3.05, 3.63) is 56.7 Å². The number of fused-ring (bicyclic) bond motifs is 1. The molecule has 132 valence electrons. The number of rotatable bonds is 6. The molecule has 0 aliphatic rings. The molecule has 3 aromatic rings. The third-order valence-electron chi connectivity index (χ3n) is 4.11. The van der Waals surface area contributed by atoms with Gasteiger partial charge in [0.15, 0.2) is 16.3 Å². The molecule has 0 aliphatic heterocycles. The fraction of sp³-hybridized carbons (Fsp3) is 0.389. The van der Waals surface area contributed by atoms with Crippen molar-refractivity contribution in [2.75, 3.05) is 0 Å². The molecular weight excluding hydrogens is 336 g/mol. The quantitative estimate of drug-likeness (QED) is 0.688. The summed E-state index contributed by atoms with van der Waals surface area (Å²) in [6, 6.07) is 10.1. The second-order valence-electron chi connectivity index (χ2n) is 6.49. The van der Waals surface area contributed by atoms with Gasteiger partial charge in [-0.15, -0.1) is 0 Å². The minimum absolute atomic E-state index is 0.374. The Kier molecular flexibility index (Phi) is 5.13. The second-order valence-corrected chi connectivity index (χ2v) is 7.44. The highest BCUT2D eigenvalue weighted by Crippen LogP contribution is 2.25. The Balaban J connectivity index is 2.04. The molecule has 0 aliphatic carbocycles. The molecule has 0 amide bonds. The maximum absolute atomic E-state index is 12.4. The summed E-state index contributed by atoms with van der Waals surface area (Å²) in [7, 11) is 1.63. The molecule has 7 heteroatoms. The molecule has 6 nitrogen and oxygen atoms in total. The molecule has 0 bridgehead atoms. The van der Waals surface area contributed by atoms with Crippen LogP contribution in [0.1, 0.15) is 25.8 Å². The zero-order valence-electron chi connectivity index (χ0n) is 14.7. The van der Waals surface area contributed by atoms with Crippen LogP contribution in [0.4, 0.5) is 0 Å². The summed E-state index contributed by atoms with van der Waals surface area (Å²) >= 11 is 1.58. The highest BCUT2D eigenvalue weighted by molar-refractivity contribution is 7.98. The van der Waals surface area contributed by atoms with E-state index in [1.807, 2.05) is 22.8 Å². The van der Waals surface area contributed by atoms with E-state index in [4.69, 9.17) is 0 Å². The van der Waals surface area contributed by atoms with E-state index >= 15 is 0 Å². The third-order valence-corrected chi connectivity index (χ3v) is 5.16. The average molecular weight is 358 g/mol. The van der Waals surface area contributed by atoms with Crippen molar-refractivity contribution in [1.82, 2.24) is 19.1 Å². The van der Waals surface area contributed by atoms with E-state index in [0.29, 0.717) is 23.6 Å². The smallest absolute Gasteiger partial charge is 0.313 e. The molecule has 1 N–H and O–H groups in total. The minimum atomic E-state index is -0.439. The summed E-state index contributed by atoms with van der Waals surface area (Å²) in [6.07, 6.45) is 0.937. The fourth-order valence-corrected chi connectivity index (χ4v) is 3.62. The molecule has 0 saturated carbocycles. The Bertz CT molecular complexity index is 986. The summed E-state index contributed by atoms with van der Waals surface area (Å²) < 4.78 is 3.34. The van der Waals surface area contributed by atoms with Crippen LogP contribution in [0.25, 0.3) is 11.2 Å². The monoisotopic (exact) mass is 358 g/mol. The van der Waals surface area contributed by atoms with E-state index in [0.717, 1.165) is 17.3 Å². The molecule has 0 unspecified atom stereocenters. The molecule has 1 aromatic carbocycles. The first kappa shape index (κ1) is 17.5. The van der Waals surface area contributed by atoms with Crippen LogP contribution >= 0.6 is 11.8 Å². The van der Waals surface area contributed by atoms with Crippen molar-refractivity contribution in [1.29, 1.82) is 0 Å². The molecule has 0 atom stereocenters. The number of hydrogen-bond acceptors (Lipinski definition) is 4. The highest BCUT2D eigenvalue weighted by Gasteiger charge is 2.17. The van der Waals surface area contributed by atoms with Crippen molar-refractivity contribution < 1.29 is 0 Å². The first-order valence-electron chi connectivity index (χ1n) is 8.33. The maximum atomic E-state index is 12.4. The predicted octanol–water partition coefficient (Wildman–Crippen LogP) is 2.76. The van der Waals surface area contributed by atoms with Crippen LogP contribution in [0.5, 0.6) is 0 Å². The van der Waals surface area contributed by atoms with Crippen LogP contribution in [0.15, 0.2) is 45.1 Å². The van der Waals surface area contributed by atoms with E-state index in [-0.39, 0.29) is 5.56 Å². The summed E-state index contributed by atoms with van der Waals surface area (Å²) in [5, 5.41) is 0.770. The Labute approximate surface area is 149 Å². The van der Waals surface area contributed by atoms with E-state index in [1.54, 1.807) is 18.8 Å². The molecule has 0 spiro atoms. The Morgan fingerprint density at radius 1 is 1.20 bits per heavy atom. The lowest BCUT2D eigenvalue weighted by Crippen LogP contribution is -2.29. The molecule has 25 heavy (non-hydrogen) atoms. The molecule has 2 aromatic heterocycles. The van der Waals surface area contributed by atoms with Crippen molar-refractivity contribution in [3.63, 3.8) is 0 Å².